The van der Waals surface area contributed by atoms with Gasteiger partial charge in [-0.3, -0.25) is 19.2 Å². The minimum atomic E-state index is -0.945. The third-order valence-corrected chi connectivity index (χ3v) is 14.8. The summed E-state index contributed by atoms with van der Waals surface area (Å²) < 4.78 is 16.1. The molecule has 11 rings (SSSR count). The average Bonchev–Trinajstić information content (AvgIpc) is 4.08. The number of fused-ring (bicyclic) bond motifs is 2. The predicted molar refractivity (Wildman–Crippen MR) is 287 cm³/mol. The first-order valence-electron chi connectivity index (χ1n) is 25.9. The molecule has 77 heavy (non-hydrogen) atoms. The van der Waals surface area contributed by atoms with E-state index in [9.17, 15) is 29.4 Å². The number of nitrogens with zero attached hydrogens (tertiary/aromatic N) is 6. The van der Waals surface area contributed by atoms with E-state index >= 15 is 0 Å². The largest absolute Gasteiger partial charge is 0.497 e. The van der Waals surface area contributed by atoms with E-state index < -0.39 is 17.7 Å². The monoisotopic (exact) mass is 1060 g/mol. The van der Waals surface area contributed by atoms with Crippen LogP contribution < -0.4 is 26.0 Å². The number of aliphatic hydroxyl groups excluding tert-OH is 1. The van der Waals surface area contributed by atoms with E-state index in [4.69, 9.17) is 25.8 Å². The number of methoxy groups -OCH3 is 1. The summed E-state index contributed by atoms with van der Waals surface area (Å²) >= 11 is 6.46. The second-order valence-corrected chi connectivity index (χ2v) is 20.3. The van der Waals surface area contributed by atoms with Gasteiger partial charge < -0.3 is 55.5 Å². The number of rotatable bonds is 17. The third kappa shape index (κ3) is 12.7. The van der Waals surface area contributed by atoms with Gasteiger partial charge in [0.1, 0.15) is 18.8 Å². The Morgan fingerprint density at radius 1 is 0.727 bits per heavy atom. The van der Waals surface area contributed by atoms with Crippen LogP contribution in [0.1, 0.15) is 93.6 Å². The van der Waals surface area contributed by atoms with Gasteiger partial charge in [0.15, 0.2) is 0 Å². The number of carbonyl (C=O) groups is 4. The number of aromatic nitrogens is 4. The molecule has 1 saturated carbocycles. The van der Waals surface area contributed by atoms with Gasteiger partial charge in [0.25, 0.3) is 11.8 Å². The molecular weight excluding hydrogens is 1000 g/mol. The van der Waals surface area contributed by atoms with Crippen LogP contribution in [0.2, 0.25) is 5.02 Å². The van der Waals surface area contributed by atoms with Gasteiger partial charge in [-0.1, -0.05) is 78.3 Å². The first-order chi connectivity index (χ1) is 37.4. The molecular formula is C57H61ClN10O9. The van der Waals surface area contributed by atoms with Gasteiger partial charge >= 0.3 is 0 Å². The summed E-state index contributed by atoms with van der Waals surface area (Å²) in [5, 5.41) is 33.5. The topological polar surface area (TPSA) is 243 Å². The standard InChI is InChI=1S/C29H30ClN5O4.C28H31N5O5/c30-23-15-31-28(32-21-8-12-39-13-9-21)34-25(23)19-6-7-20-16-35(27(37)22(20)14-19)17-24(36)33-26(29(38)10-11-29)18-4-2-1-3-5-18;1-37-22-4-2-3-18(13-22)25(17-34)31-26(35)16-33-15-20-6-5-19(14-23(20)27(33)36)24-7-10-29-28(32-24)30-21-8-11-38-12-9-21/h1-7,14-15,21,26,38H,8-13,16-17H2,(H,33,36)(H,31,32,34);2-7,10,13-14,21,25,34H,8-9,11-12,15-17H2,1H3,(H,31,35)(H,29,30,32). The van der Waals surface area contributed by atoms with Crippen LogP contribution in [-0.2, 0) is 32.2 Å². The number of ether oxygens (including phenoxy) is 3. The van der Waals surface area contributed by atoms with E-state index in [2.05, 4.69) is 41.2 Å². The highest BCUT2D eigenvalue weighted by molar-refractivity contribution is 6.33. The highest BCUT2D eigenvalue weighted by atomic mass is 35.5. The van der Waals surface area contributed by atoms with Crippen LogP contribution in [0.25, 0.3) is 22.5 Å². The zero-order valence-corrected chi connectivity index (χ0v) is 43.4. The van der Waals surface area contributed by atoms with Gasteiger partial charge in [-0.2, -0.15) is 0 Å². The van der Waals surface area contributed by atoms with E-state index in [-0.39, 0.29) is 55.4 Å². The maximum Gasteiger partial charge on any atom is 0.254 e. The minimum Gasteiger partial charge on any atom is -0.497 e. The second-order valence-electron chi connectivity index (χ2n) is 19.9. The van der Waals surface area contributed by atoms with E-state index in [1.807, 2.05) is 66.7 Å². The first-order valence-corrected chi connectivity index (χ1v) is 26.3. The quantitative estimate of drug-likeness (QED) is 0.0590. The summed E-state index contributed by atoms with van der Waals surface area (Å²) in [6.45, 7) is 3.02. The smallest absolute Gasteiger partial charge is 0.254 e. The molecule has 2 saturated heterocycles. The second kappa shape index (κ2) is 23.8. The Bertz CT molecular complexity index is 3120. The molecule has 19 nitrogen and oxygen atoms in total. The van der Waals surface area contributed by atoms with Crippen molar-refractivity contribution in [2.75, 3.05) is 63.9 Å². The van der Waals surface area contributed by atoms with Crippen molar-refractivity contribution in [3.05, 3.63) is 148 Å². The minimum absolute atomic E-state index is 0.101. The number of amides is 4. The van der Waals surface area contributed by atoms with Crippen molar-refractivity contribution in [1.29, 1.82) is 0 Å². The zero-order valence-electron chi connectivity index (χ0n) is 42.6. The van der Waals surface area contributed by atoms with Crippen molar-refractivity contribution < 1.29 is 43.6 Å². The maximum atomic E-state index is 13.3. The van der Waals surface area contributed by atoms with Crippen molar-refractivity contribution in [2.24, 2.45) is 0 Å². The van der Waals surface area contributed by atoms with Crippen LogP contribution in [0.3, 0.4) is 0 Å². The Kier molecular flexibility index (Phi) is 16.3. The predicted octanol–water partition coefficient (Wildman–Crippen LogP) is 6.27. The molecule has 20 heteroatoms. The Labute approximate surface area is 450 Å². The fourth-order valence-corrected chi connectivity index (χ4v) is 10.2. The number of halogens is 1. The summed E-state index contributed by atoms with van der Waals surface area (Å²) in [6, 6.07) is 29.0. The van der Waals surface area contributed by atoms with Gasteiger partial charge in [-0.05, 0) is 91.1 Å². The fourth-order valence-electron chi connectivity index (χ4n) is 10.0. The van der Waals surface area contributed by atoms with E-state index in [1.54, 1.807) is 49.8 Å². The average molecular weight is 1070 g/mol. The normalized spacial score (nSPS) is 17.6. The molecule has 6 N–H and O–H groups in total. The molecule has 5 aliphatic rings. The van der Waals surface area contributed by atoms with Crippen LogP contribution in [0.4, 0.5) is 11.9 Å². The number of benzene rings is 4. The van der Waals surface area contributed by atoms with Crippen molar-refractivity contribution in [2.45, 2.75) is 81.4 Å². The number of hydrogen-bond donors (Lipinski definition) is 6. The van der Waals surface area contributed by atoms with Crippen molar-refractivity contribution in [1.82, 2.24) is 40.4 Å². The van der Waals surface area contributed by atoms with E-state index in [1.165, 1.54) is 9.80 Å². The van der Waals surface area contributed by atoms with Crippen molar-refractivity contribution in [3.63, 3.8) is 0 Å². The summed E-state index contributed by atoms with van der Waals surface area (Å²) in [7, 11) is 1.56. The summed E-state index contributed by atoms with van der Waals surface area (Å²) in [5.74, 6) is 0.556. The Morgan fingerprint density at radius 2 is 1.31 bits per heavy atom. The number of carbonyl (C=O) groups excluding carboxylic acids is 4. The van der Waals surface area contributed by atoms with Gasteiger partial charge in [0.05, 0.1) is 54.0 Å². The number of anilines is 2. The first kappa shape index (κ1) is 52.9. The number of nitrogens with one attached hydrogen (secondary N) is 4. The van der Waals surface area contributed by atoms with Crippen LogP contribution in [0.5, 0.6) is 5.75 Å². The lowest BCUT2D eigenvalue weighted by Crippen LogP contribution is -2.43. The Hall–Kier alpha value is -7.55. The van der Waals surface area contributed by atoms with Gasteiger partial charge in [0.2, 0.25) is 23.7 Å². The molecule has 2 atom stereocenters. The van der Waals surface area contributed by atoms with Crippen molar-refractivity contribution >= 4 is 47.1 Å². The summed E-state index contributed by atoms with van der Waals surface area (Å²) in [6.07, 6.45) is 8.09. The molecule has 2 aromatic heterocycles. The summed E-state index contributed by atoms with van der Waals surface area (Å²) in [4.78, 5) is 73.3. The number of aliphatic hydroxyl groups is 2. The van der Waals surface area contributed by atoms with Crippen LogP contribution in [0.15, 0.2) is 109 Å². The molecule has 400 valence electrons. The van der Waals surface area contributed by atoms with E-state index in [0.717, 1.165) is 66.7 Å². The third-order valence-electron chi connectivity index (χ3n) is 14.5. The number of hydrogen-bond acceptors (Lipinski definition) is 15. The highest BCUT2D eigenvalue weighted by Crippen LogP contribution is 2.46. The van der Waals surface area contributed by atoms with Crippen LogP contribution in [0, 0.1) is 0 Å². The fraction of sp³-hybridized carbons (Fsp3) is 0.368. The lowest BCUT2D eigenvalue weighted by molar-refractivity contribution is -0.124. The van der Waals surface area contributed by atoms with Crippen LogP contribution >= 0.6 is 11.6 Å². The molecule has 4 aliphatic heterocycles. The molecule has 4 amide bonds. The van der Waals surface area contributed by atoms with Crippen molar-refractivity contribution in [3.8, 4) is 28.3 Å². The maximum absolute atomic E-state index is 13.3. The molecule has 2 unspecified atom stereocenters. The Balaban J connectivity index is 0.000000175. The molecule has 0 bridgehead atoms. The summed E-state index contributed by atoms with van der Waals surface area (Å²) in [5.41, 5.74) is 6.15. The van der Waals surface area contributed by atoms with Gasteiger partial charge in [-0.15, -0.1) is 0 Å². The van der Waals surface area contributed by atoms with Crippen LogP contribution in [-0.4, -0.2) is 134 Å². The molecule has 0 radical (unpaired) electrons. The van der Waals surface area contributed by atoms with Gasteiger partial charge in [0, 0.05) is 80.1 Å². The zero-order chi connectivity index (χ0) is 53.5. The lowest BCUT2D eigenvalue weighted by Gasteiger charge is -2.25. The lowest BCUT2D eigenvalue weighted by atomic mass is 9.99. The molecule has 0 spiro atoms. The van der Waals surface area contributed by atoms with E-state index in [0.29, 0.717) is 89.9 Å². The molecule has 6 heterocycles. The van der Waals surface area contributed by atoms with Gasteiger partial charge in [-0.25, -0.2) is 19.9 Å². The Morgan fingerprint density at radius 3 is 1.92 bits per heavy atom. The molecule has 3 fully saturated rings. The SMILES string of the molecule is COc1cccc(C(CO)NC(=O)CN2Cc3ccc(-c4ccnc(NC5CCOCC5)n4)cc3C2=O)c1.O=C(CN1Cc2ccc(-c3nc(NC4CCOCC4)ncc3Cl)cc2C1=O)NC(c1ccccc1)C1(O)CC1. The molecule has 1 aliphatic carbocycles. The highest BCUT2D eigenvalue weighted by Gasteiger charge is 2.49. The molecule has 6 aromatic rings. The molecule has 4 aromatic carbocycles.